The van der Waals surface area contributed by atoms with E-state index in [1.165, 1.54) is 11.6 Å². The number of rotatable bonds is 4. The molecule has 1 N–H and O–H groups in total. The molecule has 22 heavy (non-hydrogen) atoms. The molecule has 0 bridgehead atoms. The van der Waals surface area contributed by atoms with Gasteiger partial charge in [-0.15, -0.1) is 0 Å². The fraction of sp³-hybridized carbons (Fsp3) is 0.438. The molecule has 0 aliphatic carbocycles. The Kier molecular flexibility index (Phi) is 4.36. The van der Waals surface area contributed by atoms with E-state index in [1.54, 1.807) is 12.1 Å². The standard InChI is InChI=1S/C16H20ClFN4/c1-11-8-19-20-15(11)10-21(2)13-5-6-22(9-13)16-4-3-12(17)7-14(16)18/h3-4,7-8,13H,5-6,9-10H2,1-2H3,(H,19,20). The third-order valence-electron chi connectivity index (χ3n) is 4.38. The second-order valence-electron chi connectivity index (χ2n) is 5.93. The van der Waals surface area contributed by atoms with Gasteiger partial charge in [-0.05, 0) is 44.2 Å². The Balaban J connectivity index is 1.65. The third kappa shape index (κ3) is 3.10. The summed E-state index contributed by atoms with van der Waals surface area (Å²) in [6.07, 6.45) is 2.86. The number of hydrogen-bond donors (Lipinski definition) is 1. The van der Waals surface area contributed by atoms with E-state index in [9.17, 15) is 4.39 Å². The van der Waals surface area contributed by atoms with Gasteiger partial charge in [0.1, 0.15) is 5.82 Å². The molecule has 2 aromatic rings. The van der Waals surface area contributed by atoms with E-state index in [4.69, 9.17) is 11.6 Å². The zero-order chi connectivity index (χ0) is 15.7. The van der Waals surface area contributed by atoms with Crippen LogP contribution in [-0.2, 0) is 6.54 Å². The Morgan fingerprint density at radius 3 is 3.00 bits per heavy atom. The van der Waals surface area contributed by atoms with E-state index in [0.29, 0.717) is 16.8 Å². The van der Waals surface area contributed by atoms with Crippen molar-refractivity contribution in [3.63, 3.8) is 0 Å². The number of H-pyrrole nitrogens is 1. The van der Waals surface area contributed by atoms with E-state index in [-0.39, 0.29) is 5.82 Å². The van der Waals surface area contributed by atoms with Gasteiger partial charge in [-0.1, -0.05) is 11.6 Å². The van der Waals surface area contributed by atoms with Gasteiger partial charge < -0.3 is 4.90 Å². The minimum Gasteiger partial charge on any atom is -0.368 e. The topological polar surface area (TPSA) is 35.2 Å². The Morgan fingerprint density at radius 1 is 1.50 bits per heavy atom. The number of aromatic amines is 1. The van der Waals surface area contributed by atoms with E-state index in [0.717, 1.165) is 31.7 Å². The highest BCUT2D eigenvalue weighted by atomic mass is 35.5. The Morgan fingerprint density at radius 2 is 2.32 bits per heavy atom. The lowest BCUT2D eigenvalue weighted by molar-refractivity contribution is 0.247. The van der Waals surface area contributed by atoms with Gasteiger partial charge in [0.25, 0.3) is 0 Å². The van der Waals surface area contributed by atoms with Crippen molar-refractivity contribution in [2.45, 2.75) is 25.9 Å². The molecule has 0 saturated carbocycles. The second kappa shape index (κ2) is 6.26. The van der Waals surface area contributed by atoms with Crippen molar-refractivity contribution >= 4 is 17.3 Å². The number of nitrogens with zero attached hydrogens (tertiary/aromatic N) is 3. The fourth-order valence-corrected chi connectivity index (χ4v) is 3.13. The summed E-state index contributed by atoms with van der Waals surface area (Å²) in [6.45, 7) is 4.56. The van der Waals surface area contributed by atoms with E-state index >= 15 is 0 Å². The molecular weight excluding hydrogens is 303 g/mol. The summed E-state index contributed by atoms with van der Waals surface area (Å²) in [4.78, 5) is 4.39. The maximum atomic E-state index is 14.0. The monoisotopic (exact) mass is 322 g/mol. The van der Waals surface area contributed by atoms with Gasteiger partial charge in [-0.3, -0.25) is 10.00 Å². The van der Waals surface area contributed by atoms with Crippen molar-refractivity contribution in [1.29, 1.82) is 0 Å². The smallest absolute Gasteiger partial charge is 0.147 e. The van der Waals surface area contributed by atoms with Crippen LogP contribution in [0.1, 0.15) is 17.7 Å². The summed E-state index contributed by atoms with van der Waals surface area (Å²) in [5.74, 6) is -0.250. The number of nitrogens with one attached hydrogen (secondary N) is 1. The molecule has 1 aliphatic rings. The van der Waals surface area contributed by atoms with Crippen molar-refractivity contribution in [3.05, 3.63) is 46.5 Å². The number of benzene rings is 1. The normalized spacial score (nSPS) is 18.4. The molecule has 1 fully saturated rings. The molecule has 2 heterocycles. The predicted molar refractivity (Wildman–Crippen MR) is 86.8 cm³/mol. The largest absolute Gasteiger partial charge is 0.368 e. The van der Waals surface area contributed by atoms with Crippen molar-refractivity contribution in [2.75, 3.05) is 25.0 Å². The molecule has 1 aromatic heterocycles. The molecular formula is C16H20ClFN4. The summed E-state index contributed by atoms with van der Waals surface area (Å²) < 4.78 is 14.0. The number of aromatic nitrogens is 2. The van der Waals surface area contributed by atoms with Crippen LogP contribution in [0.4, 0.5) is 10.1 Å². The Hall–Kier alpha value is -1.59. The fourth-order valence-electron chi connectivity index (χ4n) is 2.97. The van der Waals surface area contributed by atoms with Gasteiger partial charge in [-0.2, -0.15) is 5.10 Å². The van der Waals surface area contributed by atoms with Crippen LogP contribution in [0.25, 0.3) is 0 Å². The number of anilines is 1. The zero-order valence-corrected chi connectivity index (χ0v) is 13.6. The number of halogens is 2. The second-order valence-corrected chi connectivity index (χ2v) is 6.37. The van der Waals surface area contributed by atoms with Crippen LogP contribution in [0.3, 0.4) is 0 Å². The lowest BCUT2D eigenvalue weighted by Crippen LogP contribution is -2.34. The van der Waals surface area contributed by atoms with Gasteiger partial charge in [0.2, 0.25) is 0 Å². The van der Waals surface area contributed by atoms with Crippen molar-refractivity contribution in [3.8, 4) is 0 Å². The molecule has 118 valence electrons. The van der Waals surface area contributed by atoms with Crippen LogP contribution >= 0.6 is 11.6 Å². The van der Waals surface area contributed by atoms with Crippen LogP contribution in [0.2, 0.25) is 5.02 Å². The molecule has 1 atom stereocenters. The van der Waals surface area contributed by atoms with Crippen LogP contribution in [0.15, 0.2) is 24.4 Å². The first-order valence-corrected chi connectivity index (χ1v) is 7.81. The van der Waals surface area contributed by atoms with Gasteiger partial charge in [0, 0.05) is 30.7 Å². The summed E-state index contributed by atoms with van der Waals surface area (Å²) in [6, 6.07) is 5.28. The molecule has 1 saturated heterocycles. The third-order valence-corrected chi connectivity index (χ3v) is 4.61. The molecule has 0 radical (unpaired) electrons. The van der Waals surface area contributed by atoms with Crippen LogP contribution in [0.5, 0.6) is 0 Å². The zero-order valence-electron chi connectivity index (χ0n) is 12.8. The minimum absolute atomic E-state index is 0.250. The average Bonchev–Trinajstić information content (AvgIpc) is 3.09. The van der Waals surface area contributed by atoms with Gasteiger partial charge in [0.05, 0.1) is 17.6 Å². The van der Waals surface area contributed by atoms with Crippen LogP contribution in [-0.4, -0.2) is 41.3 Å². The molecule has 4 nitrogen and oxygen atoms in total. The summed E-state index contributed by atoms with van der Waals surface area (Å²) in [5.41, 5.74) is 2.95. The molecule has 1 aromatic carbocycles. The summed E-state index contributed by atoms with van der Waals surface area (Å²) in [5, 5.41) is 7.53. The summed E-state index contributed by atoms with van der Waals surface area (Å²) in [7, 11) is 2.10. The molecule has 1 aliphatic heterocycles. The van der Waals surface area contributed by atoms with Crippen molar-refractivity contribution in [2.24, 2.45) is 0 Å². The number of aryl methyl sites for hydroxylation is 1. The van der Waals surface area contributed by atoms with Gasteiger partial charge in [0.15, 0.2) is 0 Å². The average molecular weight is 323 g/mol. The van der Waals surface area contributed by atoms with Gasteiger partial charge in [-0.25, -0.2) is 4.39 Å². The maximum Gasteiger partial charge on any atom is 0.147 e. The number of likely N-dealkylation sites (N-methyl/N-ethyl adjacent to an activating group) is 1. The maximum absolute atomic E-state index is 14.0. The van der Waals surface area contributed by atoms with E-state index in [2.05, 4.69) is 34.0 Å². The SMILES string of the molecule is Cc1cn[nH]c1CN(C)C1CCN(c2ccc(Cl)cc2F)C1. The van der Waals surface area contributed by atoms with Crippen molar-refractivity contribution < 1.29 is 4.39 Å². The van der Waals surface area contributed by atoms with E-state index in [1.807, 2.05) is 6.20 Å². The Labute approximate surface area is 134 Å². The summed E-state index contributed by atoms with van der Waals surface area (Å²) >= 11 is 5.82. The lowest BCUT2D eigenvalue weighted by atomic mass is 10.2. The van der Waals surface area contributed by atoms with E-state index < -0.39 is 0 Å². The van der Waals surface area contributed by atoms with Crippen molar-refractivity contribution in [1.82, 2.24) is 15.1 Å². The molecule has 6 heteroatoms. The molecule has 3 rings (SSSR count). The first kappa shape index (κ1) is 15.3. The van der Waals surface area contributed by atoms with Crippen LogP contribution < -0.4 is 4.90 Å². The van der Waals surface area contributed by atoms with Crippen LogP contribution in [0, 0.1) is 12.7 Å². The molecule has 1 unspecified atom stereocenters. The predicted octanol–water partition coefficient (Wildman–Crippen LogP) is 3.22. The molecule has 0 amide bonds. The number of hydrogen-bond acceptors (Lipinski definition) is 3. The first-order chi connectivity index (χ1) is 10.5. The molecule has 0 spiro atoms. The highest BCUT2D eigenvalue weighted by Crippen LogP contribution is 2.27. The first-order valence-electron chi connectivity index (χ1n) is 7.43. The highest BCUT2D eigenvalue weighted by molar-refractivity contribution is 6.30. The van der Waals surface area contributed by atoms with Gasteiger partial charge >= 0.3 is 0 Å². The quantitative estimate of drug-likeness (QED) is 0.938. The highest BCUT2D eigenvalue weighted by Gasteiger charge is 2.27. The Bertz CT molecular complexity index is 657. The minimum atomic E-state index is -0.250. The lowest BCUT2D eigenvalue weighted by Gasteiger charge is -2.25.